The zero-order valence-electron chi connectivity index (χ0n) is 15.8. The summed E-state index contributed by atoms with van der Waals surface area (Å²) in [7, 11) is 3.88. The van der Waals surface area contributed by atoms with E-state index in [4.69, 9.17) is 9.47 Å². The van der Waals surface area contributed by atoms with Crippen molar-refractivity contribution in [2.45, 2.75) is 26.0 Å². The van der Waals surface area contributed by atoms with Crippen molar-refractivity contribution in [3.8, 4) is 11.5 Å². The average molecular weight is 355 g/mol. The van der Waals surface area contributed by atoms with Gasteiger partial charge in [0.15, 0.2) is 11.5 Å². The molecule has 140 valence electrons. The molecular formula is C21H29N3O2. The van der Waals surface area contributed by atoms with Gasteiger partial charge in [-0.3, -0.25) is 4.98 Å². The summed E-state index contributed by atoms with van der Waals surface area (Å²) in [6, 6.07) is 10.1. The van der Waals surface area contributed by atoms with E-state index < -0.39 is 0 Å². The van der Waals surface area contributed by atoms with Crippen molar-refractivity contribution >= 4 is 0 Å². The maximum Gasteiger partial charge on any atom is 0.161 e. The highest BCUT2D eigenvalue weighted by Crippen LogP contribution is 2.29. The molecule has 0 amide bonds. The Labute approximate surface area is 156 Å². The highest BCUT2D eigenvalue weighted by atomic mass is 16.5. The molecule has 5 heteroatoms. The molecule has 2 aromatic rings. The monoisotopic (exact) mass is 355 g/mol. The van der Waals surface area contributed by atoms with Crippen LogP contribution in [0.25, 0.3) is 0 Å². The third-order valence-corrected chi connectivity index (χ3v) is 4.83. The number of ether oxygens (including phenoxy) is 2. The van der Waals surface area contributed by atoms with Gasteiger partial charge in [-0.2, -0.15) is 0 Å². The van der Waals surface area contributed by atoms with Crippen molar-refractivity contribution in [1.82, 2.24) is 15.2 Å². The van der Waals surface area contributed by atoms with Crippen molar-refractivity contribution < 1.29 is 9.47 Å². The molecule has 1 N–H and O–H groups in total. The largest absolute Gasteiger partial charge is 0.493 e. The molecule has 1 saturated heterocycles. The van der Waals surface area contributed by atoms with Crippen LogP contribution in [0.1, 0.15) is 24.0 Å². The number of hydrogen-bond acceptors (Lipinski definition) is 5. The number of pyridine rings is 1. The highest BCUT2D eigenvalue weighted by Gasteiger charge is 2.16. The number of methoxy groups -OCH3 is 1. The molecular weight excluding hydrogens is 326 g/mol. The van der Waals surface area contributed by atoms with E-state index in [1.807, 2.05) is 24.4 Å². The molecule has 1 atom stereocenters. The first-order valence-electron chi connectivity index (χ1n) is 9.32. The number of piperidine rings is 1. The second-order valence-corrected chi connectivity index (χ2v) is 7.04. The van der Waals surface area contributed by atoms with Crippen LogP contribution in [0, 0.1) is 5.92 Å². The second kappa shape index (κ2) is 9.55. The third kappa shape index (κ3) is 5.44. The van der Waals surface area contributed by atoms with Crippen LogP contribution in [-0.4, -0.2) is 43.7 Å². The van der Waals surface area contributed by atoms with Crippen molar-refractivity contribution in [2.75, 3.05) is 33.8 Å². The lowest BCUT2D eigenvalue weighted by molar-refractivity contribution is 0.206. The number of hydrogen-bond donors (Lipinski definition) is 1. The predicted molar refractivity (Wildman–Crippen MR) is 103 cm³/mol. The Morgan fingerprint density at radius 3 is 2.92 bits per heavy atom. The zero-order chi connectivity index (χ0) is 18.2. The Hall–Kier alpha value is -2.11. The summed E-state index contributed by atoms with van der Waals surface area (Å²) in [6.07, 6.45) is 6.21. The number of rotatable bonds is 8. The second-order valence-electron chi connectivity index (χ2n) is 7.04. The van der Waals surface area contributed by atoms with Gasteiger partial charge in [0.2, 0.25) is 0 Å². The Balaban J connectivity index is 1.54. The van der Waals surface area contributed by atoms with E-state index in [1.165, 1.54) is 31.5 Å². The molecule has 0 spiro atoms. The Morgan fingerprint density at radius 2 is 2.15 bits per heavy atom. The Bertz CT molecular complexity index is 678. The fourth-order valence-corrected chi connectivity index (χ4v) is 3.45. The Kier molecular flexibility index (Phi) is 6.86. The molecule has 5 nitrogen and oxygen atoms in total. The molecule has 0 saturated carbocycles. The first-order valence-corrected chi connectivity index (χ1v) is 9.32. The van der Waals surface area contributed by atoms with Crippen LogP contribution in [0.5, 0.6) is 11.5 Å². The third-order valence-electron chi connectivity index (χ3n) is 4.83. The maximum atomic E-state index is 5.97. The van der Waals surface area contributed by atoms with Gasteiger partial charge in [0.1, 0.15) is 6.61 Å². The molecule has 1 aromatic carbocycles. The maximum absolute atomic E-state index is 5.97. The van der Waals surface area contributed by atoms with Crippen LogP contribution in [-0.2, 0) is 13.2 Å². The molecule has 26 heavy (non-hydrogen) atoms. The molecule has 2 heterocycles. The standard InChI is InChI=1S/C21H29N3O2/c1-24-10-4-6-18(15-24)13-23-12-17-7-8-20(25-2)21(11-17)26-16-19-5-3-9-22-14-19/h3,5,7-9,11,14,18,23H,4,6,10,12-13,15-16H2,1-2H3/t18-/m1/s1. The molecule has 1 aromatic heterocycles. The highest BCUT2D eigenvalue weighted by molar-refractivity contribution is 5.43. The van der Waals surface area contributed by atoms with Gasteiger partial charge in [-0.05, 0) is 62.7 Å². The summed E-state index contributed by atoms with van der Waals surface area (Å²) in [5, 5.41) is 3.60. The quantitative estimate of drug-likeness (QED) is 0.788. The van der Waals surface area contributed by atoms with Crippen LogP contribution in [0.4, 0.5) is 0 Å². The molecule has 0 unspecified atom stereocenters. The van der Waals surface area contributed by atoms with Gasteiger partial charge in [0.25, 0.3) is 0 Å². The van der Waals surface area contributed by atoms with E-state index >= 15 is 0 Å². The van der Waals surface area contributed by atoms with Gasteiger partial charge in [-0.15, -0.1) is 0 Å². The summed E-state index contributed by atoms with van der Waals surface area (Å²) < 4.78 is 11.4. The first kappa shape index (κ1) is 18.7. The number of nitrogens with zero attached hydrogens (tertiary/aromatic N) is 2. The van der Waals surface area contributed by atoms with Gasteiger partial charge >= 0.3 is 0 Å². The minimum Gasteiger partial charge on any atom is -0.493 e. The zero-order valence-corrected chi connectivity index (χ0v) is 15.8. The van der Waals surface area contributed by atoms with E-state index in [0.29, 0.717) is 6.61 Å². The Morgan fingerprint density at radius 1 is 1.23 bits per heavy atom. The van der Waals surface area contributed by atoms with E-state index in [9.17, 15) is 0 Å². The van der Waals surface area contributed by atoms with E-state index in [0.717, 1.165) is 36.1 Å². The van der Waals surface area contributed by atoms with Crippen LogP contribution in [0.3, 0.4) is 0 Å². The minimum absolute atomic E-state index is 0.482. The van der Waals surface area contributed by atoms with Crippen molar-refractivity contribution in [1.29, 1.82) is 0 Å². The summed E-state index contributed by atoms with van der Waals surface area (Å²) in [4.78, 5) is 6.55. The SMILES string of the molecule is COc1ccc(CNC[C@H]2CCCN(C)C2)cc1OCc1cccnc1. The average Bonchev–Trinajstić information content (AvgIpc) is 2.67. The lowest BCUT2D eigenvalue weighted by atomic mass is 9.98. The normalized spacial score (nSPS) is 17.8. The topological polar surface area (TPSA) is 46.6 Å². The van der Waals surface area contributed by atoms with Crippen molar-refractivity contribution in [3.63, 3.8) is 0 Å². The molecule has 0 radical (unpaired) electrons. The van der Waals surface area contributed by atoms with Gasteiger partial charge in [0.05, 0.1) is 7.11 Å². The molecule has 3 rings (SSSR count). The summed E-state index contributed by atoms with van der Waals surface area (Å²) in [6.45, 7) is 4.80. The van der Waals surface area contributed by atoms with Gasteiger partial charge < -0.3 is 19.7 Å². The summed E-state index contributed by atoms with van der Waals surface area (Å²) >= 11 is 0. The van der Waals surface area contributed by atoms with Crippen LogP contribution in [0.2, 0.25) is 0 Å². The molecule has 0 aliphatic carbocycles. The number of benzene rings is 1. The summed E-state index contributed by atoms with van der Waals surface area (Å²) in [5.74, 6) is 2.27. The van der Waals surface area contributed by atoms with Crippen molar-refractivity contribution in [2.24, 2.45) is 5.92 Å². The lowest BCUT2D eigenvalue weighted by Gasteiger charge is -2.29. The first-order chi connectivity index (χ1) is 12.7. The number of nitrogens with one attached hydrogen (secondary N) is 1. The van der Waals surface area contributed by atoms with Gasteiger partial charge in [0, 0.05) is 31.0 Å². The molecule has 0 bridgehead atoms. The van der Waals surface area contributed by atoms with Crippen LogP contribution < -0.4 is 14.8 Å². The number of likely N-dealkylation sites (tertiary alicyclic amines) is 1. The van der Waals surface area contributed by atoms with Gasteiger partial charge in [-0.1, -0.05) is 12.1 Å². The van der Waals surface area contributed by atoms with Crippen molar-refractivity contribution in [3.05, 3.63) is 53.9 Å². The van der Waals surface area contributed by atoms with Crippen LogP contribution in [0.15, 0.2) is 42.7 Å². The molecule has 1 fully saturated rings. The van der Waals surface area contributed by atoms with Crippen LogP contribution >= 0.6 is 0 Å². The minimum atomic E-state index is 0.482. The molecule has 1 aliphatic rings. The fraction of sp³-hybridized carbons (Fsp3) is 0.476. The number of aromatic nitrogens is 1. The van der Waals surface area contributed by atoms with E-state index in [2.05, 4.69) is 34.4 Å². The predicted octanol–water partition coefficient (Wildman–Crippen LogP) is 3.10. The molecule has 1 aliphatic heterocycles. The fourth-order valence-electron chi connectivity index (χ4n) is 3.45. The van der Waals surface area contributed by atoms with E-state index in [-0.39, 0.29) is 0 Å². The summed E-state index contributed by atoms with van der Waals surface area (Å²) in [5.41, 5.74) is 2.25. The smallest absolute Gasteiger partial charge is 0.161 e. The lowest BCUT2D eigenvalue weighted by Crippen LogP contribution is -2.37. The van der Waals surface area contributed by atoms with Gasteiger partial charge in [-0.25, -0.2) is 0 Å². The van der Waals surface area contributed by atoms with E-state index in [1.54, 1.807) is 13.3 Å².